The van der Waals surface area contributed by atoms with Gasteiger partial charge in [-0.2, -0.15) is 0 Å². The van der Waals surface area contributed by atoms with Gasteiger partial charge in [-0.3, -0.25) is 9.78 Å². The highest BCUT2D eigenvalue weighted by Gasteiger charge is 2.28. The molecule has 0 radical (unpaired) electrons. The maximum absolute atomic E-state index is 12.6. The Labute approximate surface area is 155 Å². The van der Waals surface area contributed by atoms with E-state index in [1.165, 1.54) is 0 Å². The summed E-state index contributed by atoms with van der Waals surface area (Å²) in [4.78, 5) is 22.2. The summed E-state index contributed by atoms with van der Waals surface area (Å²) in [6.45, 7) is 0.488. The Morgan fingerprint density at radius 2 is 2.00 bits per heavy atom. The summed E-state index contributed by atoms with van der Waals surface area (Å²) in [7, 11) is 1.64. The molecule has 2 aromatic carbocycles. The topological polar surface area (TPSA) is 67.4 Å². The lowest BCUT2D eigenvalue weighted by Gasteiger charge is -2.30. The molecule has 134 valence electrons. The number of methoxy groups -OCH3 is 1. The van der Waals surface area contributed by atoms with E-state index >= 15 is 0 Å². The molecule has 0 atom stereocenters. The smallest absolute Gasteiger partial charge is 0.265 e. The van der Waals surface area contributed by atoms with Gasteiger partial charge >= 0.3 is 0 Å². The van der Waals surface area contributed by atoms with Crippen molar-refractivity contribution in [3.05, 3.63) is 60.3 Å². The van der Waals surface area contributed by atoms with Crippen LogP contribution in [0.15, 0.2) is 54.7 Å². The normalized spacial score (nSPS) is 13.7. The van der Waals surface area contributed by atoms with Crippen LogP contribution in [0.3, 0.4) is 0 Å². The molecule has 2 aromatic heterocycles. The molecule has 0 aliphatic carbocycles. The zero-order valence-electron chi connectivity index (χ0n) is 14.7. The molecular weight excluding hydrogens is 342 g/mol. The summed E-state index contributed by atoms with van der Waals surface area (Å²) in [5.41, 5.74) is 4.53. The Morgan fingerprint density at radius 1 is 1.15 bits per heavy atom. The van der Waals surface area contributed by atoms with Crippen molar-refractivity contribution in [2.45, 2.75) is 6.54 Å². The number of carbonyl (C=O) groups is 1. The Kier molecular flexibility index (Phi) is 3.50. The van der Waals surface area contributed by atoms with Crippen LogP contribution in [0.25, 0.3) is 21.9 Å². The summed E-state index contributed by atoms with van der Waals surface area (Å²) in [6, 6.07) is 15.5. The number of pyridine rings is 1. The van der Waals surface area contributed by atoms with Crippen LogP contribution in [0.2, 0.25) is 0 Å². The molecule has 1 N–H and O–H groups in total. The van der Waals surface area contributed by atoms with Gasteiger partial charge in [0.2, 0.25) is 0 Å². The third kappa shape index (κ3) is 2.49. The predicted molar refractivity (Wildman–Crippen MR) is 103 cm³/mol. The highest BCUT2D eigenvalue weighted by Crippen LogP contribution is 2.42. The summed E-state index contributed by atoms with van der Waals surface area (Å²) >= 11 is 0. The number of rotatable bonds is 3. The van der Waals surface area contributed by atoms with Crippen LogP contribution in [0.5, 0.6) is 11.5 Å². The van der Waals surface area contributed by atoms with E-state index in [2.05, 4.69) is 9.97 Å². The zero-order chi connectivity index (χ0) is 18.4. The Balaban J connectivity index is 1.62. The fourth-order valence-electron chi connectivity index (χ4n) is 3.55. The van der Waals surface area contributed by atoms with Crippen molar-refractivity contribution in [2.24, 2.45) is 0 Å². The number of benzene rings is 2. The zero-order valence-corrected chi connectivity index (χ0v) is 14.7. The van der Waals surface area contributed by atoms with Crippen LogP contribution in [0.4, 0.5) is 5.69 Å². The first-order valence-electron chi connectivity index (χ1n) is 8.70. The summed E-state index contributed by atoms with van der Waals surface area (Å²) in [6.07, 6.45) is 1.76. The number of aromatic nitrogens is 2. The lowest BCUT2D eigenvalue weighted by Crippen LogP contribution is -2.38. The molecule has 0 fully saturated rings. The van der Waals surface area contributed by atoms with E-state index in [0.29, 0.717) is 12.3 Å². The third-order valence-corrected chi connectivity index (χ3v) is 4.88. The van der Waals surface area contributed by atoms with Gasteiger partial charge in [0.25, 0.3) is 5.91 Å². The Hall–Kier alpha value is -3.54. The third-order valence-electron chi connectivity index (χ3n) is 4.88. The van der Waals surface area contributed by atoms with Crippen molar-refractivity contribution in [3.8, 4) is 11.5 Å². The molecule has 27 heavy (non-hydrogen) atoms. The number of carbonyl (C=O) groups excluding carboxylic acids is 1. The highest BCUT2D eigenvalue weighted by atomic mass is 16.5. The van der Waals surface area contributed by atoms with Crippen LogP contribution < -0.4 is 14.4 Å². The molecule has 0 bridgehead atoms. The van der Waals surface area contributed by atoms with E-state index in [0.717, 1.165) is 38.9 Å². The molecule has 0 saturated carbocycles. The Morgan fingerprint density at radius 3 is 2.81 bits per heavy atom. The SMILES string of the molecule is COc1ccc(CN2C(=O)COc3c2ccc2[nH]c4cccnc4c32)cc1. The monoisotopic (exact) mass is 359 g/mol. The second kappa shape index (κ2) is 6.02. The van der Waals surface area contributed by atoms with Crippen LogP contribution >= 0.6 is 0 Å². The van der Waals surface area contributed by atoms with Gasteiger partial charge in [0.1, 0.15) is 5.75 Å². The van der Waals surface area contributed by atoms with Crippen molar-refractivity contribution in [1.82, 2.24) is 9.97 Å². The number of H-pyrrole nitrogens is 1. The first-order valence-corrected chi connectivity index (χ1v) is 8.70. The van der Waals surface area contributed by atoms with Crippen LogP contribution in [-0.4, -0.2) is 29.6 Å². The van der Waals surface area contributed by atoms with Gasteiger partial charge in [-0.15, -0.1) is 0 Å². The van der Waals surface area contributed by atoms with Crippen LogP contribution in [0.1, 0.15) is 5.56 Å². The number of aromatic amines is 1. The van der Waals surface area contributed by atoms with E-state index in [4.69, 9.17) is 9.47 Å². The molecular formula is C21H17N3O3. The van der Waals surface area contributed by atoms with Gasteiger partial charge in [0.15, 0.2) is 12.4 Å². The van der Waals surface area contributed by atoms with E-state index in [-0.39, 0.29) is 12.5 Å². The van der Waals surface area contributed by atoms with Gasteiger partial charge < -0.3 is 19.4 Å². The number of ether oxygens (including phenoxy) is 2. The minimum absolute atomic E-state index is 0.0156. The minimum atomic E-state index is -0.0644. The average Bonchev–Trinajstić information content (AvgIpc) is 3.09. The van der Waals surface area contributed by atoms with Crippen LogP contribution in [0, 0.1) is 0 Å². The molecule has 0 saturated heterocycles. The molecule has 5 rings (SSSR count). The minimum Gasteiger partial charge on any atom is -0.497 e. The van der Waals surface area contributed by atoms with Crippen molar-refractivity contribution in [2.75, 3.05) is 18.6 Å². The van der Waals surface area contributed by atoms with Gasteiger partial charge in [-0.25, -0.2) is 0 Å². The van der Waals surface area contributed by atoms with Crippen molar-refractivity contribution >= 4 is 33.5 Å². The molecule has 0 unspecified atom stereocenters. The fraction of sp³-hybridized carbons (Fsp3) is 0.143. The molecule has 4 aromatic rings. The van der Waals surface area contributed by atoms with Crippen molar-refractivity contribution in [3.63, 3.8) is 0 Å². The largest absolute Gasteiger partial charge is 0.497 e. The number of anilines is 1. The molecule has 1 aliphatic rings. The molecule has 6 nitrogen and oxygen atoms in total. The summed E-state index contributed by atoms with van der Waals surface area (Å²) in [5, 5.41) is 0.912. The lowest BCUT2D eigenvalue weighted by atomic mass is 10.1. The number of hydrogen-bond acceptors (Lipinski definition) is 4. The predicted octanol–water partition coefficient (Wildman–Crippen LogP) is 3.65. The first kappa shape index (κ1) is 15.7. The summed E-state index contributed by atoms with van der Waals surface area (Å²) in [5.74, 6) is 1.43. The number of amides is 1. The Bertz CT molecular complexity index is 1160. The second-order valence-corrected chi connectivity index (χ2v) is 6.48. The van der Waals surface area contributed by atoms with E-state index < -0.39 is 0 Å². The maximum atomic E-state index is 12.6. The number of nitrogens with one attached hydrogen (secondary N) is 1. The van der Waals surface area contributed by atoms with Crippen LogP contribution in [-0.2, 0) is 11.3 Å². The van der Waals surface area contributed by atoms with Gasteiger partial charge in [0.05, 0.1) is 41.3 Å². The molecule has 6 heteroatoms. The molecule has 3 heterocycles. The second-order valence-electron chi connectivity index (χ2n) is 6.48. The van der Waals surface area contributed by atoms with Crippen molar-refractivity contribution in [1.29, 1.82) is 0 Å². The molecule has 0 spiro atoms. The number of hydrogen-bond donors (Lipinski definition) is 1. The van der Waals surface area contributed by atoms with Crippen molar-refractivity contribution < 1.29 is 14.3 Å². The molecule has 1 aliphatic heterocycles. The number of fused-ring (bicyclic) bond motifs is 5. The number of nitrogens with zero attached hydrogens (tertiary/aromatic N) is 2. The van der Waals surface area contributed by atoms with E-state index in [1.54, 1.807) is 18.2 Å². The van der Waals surface area contributed by atoms with E-state index in [1.807, 2.05) is 48.5 Å². The quantitative estimate of drug-likeness (QED) is 0.606. The van der Waals surface area contributed by atoms with Gasteiger partial charge in [-0.05, 0) is 42.0 Å². The fourth-order valence-corrected chi connectivity index (χ4v) is 3.55. The maximum Gasteiger partial charge on any atom is 0.265 e. The van der Waals surface area contributed by atoms with Gasteiger partial charge in [-0.1, -0.05) is 12.1 Å². The summed E-state index contributed by atoms with van der Waals surface area (Å²) < 4.78 is 11.1. The lowest BCUT2D eigenvalue weighted by molar-refractivity contribution is -0.121. The van der Waals surface area contributed by atoms with Gasteiger partial charge in [0, 0.05) is 6.20 Å². The van der Waals surface area contributed by atoms with E-state index in [9.17, 15) is 4.79 Å². The highest BCUT2D eigenvalue weighted by molar-refractivity contribution is 6.13. The standard InChI is InChI=1S/C21H17N3O3/c1-26-14-6-4-13(5-7-14)11-24-17-9-8-15-19(21(17)27-12-18(24)25)20-16(23-15)3-2-10-22-20/h2-10,23H,11-12H2,1H3. The first-order chi connectivity index (χ1) is 13.2. The average molecular weight is 359 g/mol. The molecule has 1 amide bonds.